The third-order valence-electron chi connectivity index (χ3n) is 5.03. The molecule has 0 aliphatic carbocycles. The van der Waals surface area contributed by atoms with E-state index in [0.717, 1.165) is 23.4 Å². The smallest absolute Gasteiger partial charge is 0.282 e. The van der Waals surface area contributed by atoms with E-state index in [1.807, 2.05) is 38.2 Å². The van der Waals surface area contributed by atoms with Gasteiger partial charge in [0.1, 0.15) is 0 Å². The molecule has 1 aliphatic heterocycles. The number of likely N-dealkylation sites (N-methyl/N-ethyl adjacent to an activating group) is 1. The van der Waals surface area contributed by atoms with E-state index < -0.39 is 0 Å². The summed E-state index contributed by atoms with van der Waals surface area (Å²) in [5.74, 6) is 2.74. The van der Waals surface area contributed by atoms with Crippen molar-refractivity contribution in [2.45, 2.75) is 19.4 Å². The number of fused-ring (bicyclic) bond motifs is 1. The number of methoxy groups -OCH3 is 2. The van der Waals surface area contributed by atoms with Crippen LogP contribution in [0.15, 0.2) is 36.4 Å². The van der Waals surface area contributed by atoms with Crippen LogP contribution in [-0.2, 0) is 11.2 Å². The fourth-order valence-corrected chi connectivity index (χ4v) is 3.04. The molecule has 28 heavy (non-hydrogen) atoms. The molecule has 1 amide bonds. The monoisotopic (exact) mass is 387 g/mol. The number of amides is 1. The van der Waals surface area contributed by atoms with Gasteiger partial charge in [-0.1, -0.05) is 6.07 Å². The summed E-state index contributed by atoms with van der Waals surface area (Å²) in [6.45, 7) is 2.95. The summed E-state index contributed by atoms with van der Waals surface area (Å²) in [5, 5.41) is 2.95. The Bertz CT molecular complexity index is 840. The van der Waals surface area contributed by atoms with Gasteiger partial charge in [0, 0.05) is 18.2 Å². The Hall–Kier alpha value is -2.93. The van der Waals surface area contributed by atoms with E-state index >= 15 is 0 Å². The first-order valence-corrected chi connectivity index (χ1v) is 9.25. The molecule has 0 fully saturated rings. The van der Waals surface area contributed by atoms with Gasteiger partial charge < -0.3 is 29.2 Å². The molecule has 2 aromatic rings. The van der Waals surface area contributed by atoms with Gasteiger partial charge in [0.15, 0.2) is 29.0 Å². The lowest BCUT2D eigenvalue weighted by Crippen LogP contribution is -3.14. The van der Waals surface area contributed by atoms with Crippen molar-refractivity contribution in [3.8, 4) is 23.0 Å². The van der Waals surface area contributed by atoms with Gasteiger partial charge in [0.05, 0.1) is 27.8 Å². The number of hydrogen-bond acceptors (Lipinski definition) is 5. The topological polar surface area (TPSA) is 70.5 Å². The molecule has 0 aromatic heterocycles. The average Bonchev–Trinajstić information content (AvgIpc) is 3.18. The van der Waals surface area contributed by atoms with Crippen LogP contribution in [0, 0.1) is 0 Å². The highest BCUT2D eigenvalue weighted by Gasteiger charge is 2.23. The molecule has 0 saturated heterocycles. The van der Waals surface area contributed by atoms with Crippen molar-refractivity contribution >= 4 is 11.6 Å². The van der Waals surface area contributed by atoms with Gasteiger partial charge in [-0.05, 0) is 36.8 Å². The Morgan fingerprint density at radius 1 is 1.11 bits per heavy atom. The number of rotatable bonds is 8. The maximum Gasteiger partial charge on any atom is 0.282 e. The molecule has 2 aromatic carbocycles. The van der Waals surface area contributed by atoms with E-state index in [1.165, 1.54) is 0 Å². The van der Waals surface area contributed by atoms with Crippen LogP contribution in [0.25, 0.3) is 0 Å². The number of anilines is 1. The zero-order valence-corrected chi connectivity index (χ0v) is 16.7. The quantitative estimate of drug-likeness (QED) is 0.719. The van der Waals surface area contributed by atoms with Crippen LogP contribution in [0.5, 0.6) is 23.0 Å². The van der Waals surface area contributed by atoms with E-state index in [2.05, 4.69) is 5.32 Å². The first-order chi connectivity index (χ1) is 13.5. The van der Waals surface area contributed by atoms with Crippen molar-refractivity contribution in [1.82, 2.24) is 0 Å². The molecule has 1 heterocycles. The van der Waals surface area contributed by atoms with Crippen molar-refractivity contribution in [3.05, 3.63) is 42.0 Å². The lowest BCUT2D eigenvalue weighted by atomic mass is 10.1. The lowest BCUT2D eigenvalue weighted by molar-refractivity contribution is -0.893. The van der Waals surface area contributed by atoms with E-state index in [9.17, 15) is 4.79 Å². The number of carbonyl (C=O) groups excluding carboxylic acids is 1. The van der Waals surface area contributed by atoms with E-state index in [4.69, 9.17) is 18.9 Å². The van der Waals surface area contributed by atoms with Crippen LogP contribution < -0.4 is 29.2 Å². The molecule has 3 rings (SSSR count). The zero-order valence-electron chi connectivity index (χ0n) is 16.7. The normalized spacial score (nSPS) is 14.3. The van der Waals surface area contributed by atoms with Crippen LogP contribution in [0.1, 0.15) is 12.5 Å². The summed E-state index contributed by atoms with van der Waals surface area (Å²) >= 11 is 0. The SMILES string of the molecule is COc1ccc(CC[NH+](C)[C@@H](C)C(=O)Nc2ccc3c(c2)OCO3)cc1OC. The second-order valence-electron chi connectivity index (χ2n) is 6.81. The largest absolute Gasteiger partial charge is 0.493 e. The van der Waals surface area contributed by atoms with Gasteiger partial charge in [0.25, 0.3) is 5.91 Å². The van der Waals surface area contributed by atoms with Crippen molar-refractivity contribution in [1.29, 1.82) is 0 Å². The fraction of sp³-hybridized carbons (Fsp3) is 0.381. The molecule has 0 radical (unpaired) electrons. The highest BCUT2D eigenvalue weighted by Crippen LogP contribution is 2.34. The van der Waals surface area contributed by atoms with Gasteiger partial charge in [-0.3, -0.25) is 4.79 Å². The van der Waals surface area contributed by atoms with Gasteiger partial charge in [-0.2, -0.15) is 0 Å². The Kier molecular flexibility index (Phi) is 6.26. The minimum absolute atomic E-state index is 0.0383. The fourth-order valence-electron chi connectivity index (χ4n) is 3.04. The molecule has 2 N–H and O–H groups in total. The molecule has 0 saturated carbocycles. The summed E-state index contributed by atoms with van der Waals surface area (Å²) < 4.78 is 21.3. The van der Waals surface area contributed by atoms with Crippen LogP contribution in [-0.4, -0.2) is 46.6 Å². The van der Waals surface area contributed by atoms with Gasteiger partial charge in [-0.25, -0.2) is 0 Å². The molecule has 0 bridgehead atoms. The molecular weight excluding hydrogens is 360 g/mol. The van der Waals surface area contributed by atoms with Gasteiger partial charge in [-0.15, -0.1) is 0 Å². The number of ether oxygens (including phenoxy) is 4. The van der Waals surface area contributed by atoms with Gasteiger partial charge in [0.2, 0.25) is 6.79 Å². The number of quaternary nitrogens is 1. The minimum atomic E-state index is -0.203. The standard InChI is InChI=1S/C21H26N2O5/c1-14(21(24)22-16-6-8-18-20(12-16)28-13-27-18)23(2)10-9-15-5-7-17(25-3)19(11-15)26-4/h5-8,11-12,14H,9-10,13H2,1-4H3,(H,22,24)/p+1/t14-/m0/s1. The lowest BCUT2D eigenvalue weighted by Gasteiger charge is -2.21. The van der Waals surface area contributed by atoms with E-state index in [0.29, 0.717) is 28.7 Å². The first kappa shape index (κ1) is 19.8. The molecule has 0 spiro atoms. The second-order valence-corrected chi connectivity index (χ2v) is 6.81. The summed E-state index contributed by atoms with van der Waals surface area (Å²) in [6.07, 6.45) is 0.827. The summed E-state index contributed by atoms with van der Waals surface area (Å²) in [6, 6.07) is 11.1. The maximum atomic E-state index is 12.6. The molecule has 1 aliphatic rings. The van der Waals surface area contributed by atoms with Crippen molar-refractivity contribution < 1.29 is 28.6 Å². The number of carbonyl (C=O) groups is 1. The predicted molar refractivity (Wildman–Crippen MR) is 106 cm³/mol. The third-order valence-corrected chi connectivity index (χ3v) is 5.03. The average molecular weight is 387 g/mol. The van der Waals surface area contributed by atoms with Crippen LogP contribution in [0.2, 0.25) is 0 Å². The van der Waals surface area contributed by atoms with Crippen LogP contribution >= 0.6 is 0 Å². The molecule has 7 nitrogen and oxygen atoms in total. The first-order valence-electron chi connectivity index (χ1n) is 9.25. The predicted octanol–water partition coefficient (Wildman–Crippen LogP) is 1.52. The molecule has 7 heteroatoms. The number of nitrogens with one attached hydrogen (secondary N) is 2. The molecule has 1 unspecified atom stereocenters. The summed E-state index contributed by atoms with van der Waals surface area (Å²) in [5.41, 5.74) is 1.84. The highest BCUT2D eigenvalue weighted by molar-refractivity contribution is 5.93. The van der Waals surface area contributed by atoms with Crippen molar-refractivity contribution in [3.63, 3.8) is 0 Å². The van der Waals surface area contributed by atoms with E-state index in [-0.39, 0.29) is 18.7 Å². The Balaban J connectivity index is 1.55. The van der Waals surface area contributed by atoms with Crippen LogP contribution in [0.4, 0.5) is 5.69 Å². The molecular formula is C21H27N2O5+. The van der Waals surface area contributed by atoms with Gasteiger partial charge >= 0.3 is 0 Å². The second kappa shape index (κ2) is 8.84. The number of benzene rings is 2. The number of hydrogen-bond donors (Lipinski definition) is 2. The molecule has 2 atom stereocenters. The Morgan fingerprint density at radius 3 is 2.61 bits per heavy atom. The van der Waals surface area contributed by atoms with E-state index in [1.54, 1.807) is 26.4 Å². The Labute approximate surface area is 165 Å². The van der Waals surface area contributed by atoms with Crippen LogP contribution in [0.3, 0.4) is 0 Å². The van der Waals surface area contributed by atoms with Crippen molar-refractivity contribution in [2.24, 2.45) is 0 Å². The Morgan fingerprint density at radius 2 is 1.86 bits per heavy atom. The molecule has 150 valence electrons. The summed E-state index contributed by atoms with van der Waals surface area (Å²) in [7, 11) is 5.27. The zero-order chi connectivity index (χ0) is 20.1. The highest BCUT2D eigenvalue weighted by atomic mass is 16.7. The maximum absolute atomic E-state index is 12.6. The summed E-state index contributed by atoms with van der Waals surface area (Å²) in [4.78, 5) is 13.7. The minimum Gasteiger partial charge on any atom is -0.493 e. The third kappa shape index (κ3) is 4.48. The van der Waals surface area contributed by atoms with Crippen molar-refractivity contribution in [2.75, 3.05) is 39.9 Å².